The van der Waals surface area contributed by atoms with Gasteiger partial charge >= 0.3 is 0 Å². The molecule has 1 heterocycles. The first-order valence-corrected chi connectivity index (χ1v) is 7.40. The highest BCUT2D eigenvalue weighted by Gasteiger charge is 2.25. The third-order valence-corrected chi connectivity index (χ3v) is 4.05. The van der Waals surface area contributed by atoms with Crippen LogP contribution in [0.25, 0.3) is 0 Å². The molecule has 110 valence electrons. The zero-order chi connectivity index (χ0) is 14.5. The molecule has 0 radical (unpaired) electrons. The van der Waals surface area contributed by atoms with Crippen LogP contribution in [-0.2, 0) is 4.79 Å². The third kappa shape index (κ3) is 3.51. The number of nitrogens with one attached hydrogen (secondary N) is 2. The van der Waals surface area contributed by atoms with Crippen LogP contribution in [0.4, 0.5) is 5.69 Å². The Labute approximate surface area is 121 Å². The van der Waals surface area contributed by atoms with Crippen molar-refractivity contribution < 1.29 is 4.79 Å². The summed E-state index contributed by atoms with van der Waals surface area (Å²) in [7, 11) is 2.08. The second-order valence-corrected chi connectivity index (χ2v) is 5.72. The van der Waals surface area contributed by atoms with Crippen LogP contribution in [0.3, 0.4) is 0 Å². The Morgan fingerprint density at radius 1 is 1.45 bits per heavy atom. The number of nitrogens with zero attached hydrogens (tertiary/aromatic N) is 1. The van der Waals surface area contributed by atoms with E-state index in [1.165, 1.54) is 0 Å². The summed E-state index contributed by atoms with van der Waals surface area (Å²) in [6.07, 6.45) is 0.864. The van der Waals surface area contributed by atoms with Crippen molar-refractivity contribution in [3.05, 3.63) is 29.8 Å². The Balaban J connectivity index is 1.91. The minimum absolute atomic E-state index is 0.0168. The molecule has 0 saturated carbocycles. The topological polar surface area (TPSA) is 44.4 Å². The van der Waals surface area contributed by atoms with Gasteiger partial charge in [-0.2, -0.15) is 0 Å². The molecular weight excluding hydrogens is 250 g/mol. The van der Waals surface area contributed by atoms with Crippen LogP contribution in [-0.4, -0.2) is 43.5 Å². The summed E-state index contributed by atoms with van der Waals surface area (Å²) in [6.45, 7) is 6.77. The zero-order valence-electron chi connectivity index (χ0n) is 12.6. The number of para-hydroxylation sites is 1. The molecule has 1 amide bonds. The lowest BCUT2D eigenvalue weighted by atomic mass is 9.90. The van der Waals surface area contributed by atoms with Crippen LogP contribution in [0.1, 0.15) is 31.7 Å². The van der Waals surface area contributed by atoms with Gasteiger partial charge in [0.05, 0.1) is 5.92 Å². The first-order chi connectivity index (χ1) is 9.59. The van der Waals surface area contributed by atoms with E-state index >= 15 is 0 Å². The van der Waals surface area contributed by atoms with Gasteiger partial charge in [-0.1, -0.05) is 18.2 Å². The number of benzene rings is 1. The molecule has 1 aliphatic heterocycles. The Hall–Kier alpha value is -1.55. The molecule has 2 rings (SSSR count). The normalized spacial score (nSPS) is 17.8. The van der Waals surface area contributed by atoms with E-state index in [4.69, 9.17) is 0 Å². The van der Waals surface area contributed by atoms with Crippen molar-refractivity contribution >= 4 is 11.6 Å². The summed E-state index contributed by atoms with van der Waals surface area (Å²) in [5.41, 5.74) is 2.21. The molecule has 20 heavy (non-hydrogen) atoms. The lowest BCUT2D eigenvalue weighted by Gasteiger charge is -2.26. The highest BCUT2D eigenvalue weighted by Crippen LogP contribution is 2.31. The molecule has 1 atom stereocenters. The molecule has 0 fully saturated rings. The summed E-state index contributed by atoms with van der Waals surface area (Å²) in [5.74, 6) is 0.132. The molecule has 0 aliphatic carbocycles. The van der Waals surface area contributed by atoms with Gasteiger partial charge in [-0.25, -0.2) is 0 Å². The Kier molecular flexibility index (Phi) is 5.01. The fraction of sp³-hybridized carbons (Fsp3) is 0.562. The first kappa shape index (κ1) is 14.9. The van der Waals surface area contributed by atoms with Crippen LogP contribution in [0.5, 0.6) is 0 Å². The van der Waals surface area contributed by atoms with Crippen molar-refractivity contribution in [1.82, 2.24) is 10.2 Å². The predicted octanol–water partition coefficient (Wildman–Crippen LogP) is 2.04. The number of anilines is 1. The van der Waals surface area contributed by atoms with Gasteiger partial charge in [-0.3, -0.25) is 4.79 Å². The molecule has 0 saturated heterocycles. The standard InChI is InChI=1S/C16H25N3O/c1-12(2)19(3)11-10-18-16(20)14-8-9-17-15-7-5-4-6-13(14)15/h4-7,12,14,17H,8-11H2,1-3H3,(H,18,20). The summed E-state index contributed by atoms with van der Waals surface area (Å²) < 4.78 is 0. The largest absolute Gasteiger partial charge is 0.385 e. The van der Waals surface area contributed by atoms with Gasteiger partial charge in [0.25, 0.3) is 0 Å². The van der Waals surface area contributed by atoms with Gasteiger partial charge in [0.15, 0.2) is 0 Å². The minimum Gasteiger partial charge on any atom is -0.385 e. The van der Waals surface area contributed by atoms with Crippen LogP contribution < -0.4 is 10.6 Å². The predicted molar refractivity (Wildman–Crippen MR) is 83.1 cm³/mol. The Bertz CT molecular complexity index is 459. The van der Waals surface area contributed by atoms with E-state index < -0.39 is 0 Å². The number of rotatable bonds is 5. The molecule has 1 aromatic rings. The van der Waals surface area contributed by atoms with E-state index in [-0.39, 0.29) is 11.8 Å². The summed E-state index contributed by atoms with van der Waals surface area (Å²) >= 11 is 0. The second kappa shape index (κ2) is 6.75. The van der Waals surface area contributed by atoms with Crippen molar-refractivity contribution in [2.75, 3.05) is 32.0 Å². The molecular formula is C16H25N3O. The van der Waals surface area contributed by atoms with Crippen LogP contribution >= 0.6 is 0 Å². The molecule has 1 aromatic carbocycles. The maximum Gasteiger partial charge on any atom is 0.227 e. The van der Waals surface area contributed by atoms with E-state index in [1.54, 1.807) is 0 Å². The number of hydrogen-bond donors (Lipinski definition) is 2. The van der Waals surface area contributed by atoms with Gasteiger partial charge in [-0.15, -0.1) is 0 Å². The molecule has 2 N–H and O–H groups in total. The fourth-order valence-corrected chi connectivity index (χ4v) is 2.48. The van der Waals surface area contributed by atoms with Crippen molar-refractivity contribution in [2.24, 2.45) is 0 Å². The number of likely N-dealkylation sites (N-methyl/N-ethyl adjacent to an activating group) is 1. The SMILES string of the molecule is CC(C)N(C)CCNC(=O)C1CCNc2ccccc21. The maximum atomic E-state index is 12.4. The van der Waals surface area contributed by atoms with Gasteiger partial charge in [0.2, 0.25) is 5.91 Å². The van der Waals surface area contributed by atoms with E-state index in [0.717, 1.165) is 30.8 Å². The number of carbonyl (C=O) groups excluding carboxylic acids is 1. The second-order valence-electron chi connectivity index (χ2n) is 5.72. The van der Waals surface area contributed by atoms with E-state index in [1.807, 2.05) is 24.3 Å². The van der Waals surface area contributed by atoms with Crippen molar-refractivity contribution in [3.8, 4) is 0 Å². The van der Waals surface area contributed by atoms with Crippen molar-refractivity contribution in [3.63, 3.8) is 0 Å². The zero-order valence-corrected chi connectivity index (χ0v) is 12.6. The summed E-state index contributed by atoms with van der Waals surface area (Å²) in [5, 5.41) is 6.42. The molecule has 1 aliphatic rings. The Morgan fingerprint density at radius 3 is 2.95 bits per heavy atom. The minimum atomic E-state index is -0.0168. The summed E-state index contributed by atoms with van der Waals surface area (Å²) in [6, 6.07) is 8.60. The first-order valence-electron chi connectivity index (χ1n) is 7.40. The molecule has 4 heteroatoms. The summed E-state index contributed by atoms with van der Waals surface area (Å²) in [4.78, 5) is 14.6. The van der Waals surface area contributed by atoms with Crippen LogP contribution in [0.15, 0.2) is 24.3 Å². The number of hydrogen-bond acceptors (Lipinski definition) is 3. The monoisotopic (exact) mass is 275 g/mol. The third-order valence-electron chi connectivity index (χ3n) is 4.05. The molecule has 0 aromatic heterocycles. The number of amides is 1. The molecule has 0 spiro atoms. The van der Waals surface area contributed by atoms with Gasteiger partial charge in [0.1, 0.15) is 0 Å². The number of fused-ring (bicyclic) bond motifs is 1. The fourth-order valence-electron chi connectivity index (χ4n) is 2.48. The van der Waals surface area contributed by atoms with Crippen LogP contribution in [0.2, 0.25) is 0 Å². The van der Waals surface area contributed by atoms with E-state index in [0.29, 0.717) is 12.6 Å². The van der Waals surface area contributed by atoms with Crippen LogP contribution in [0, 0.1) is 0 Å². The molecule has 1 unspecified atom stereocenters. The smallest absolute Gasteiger partial charge is 0.227 e. The van der Waals surface area contributed by atoms with Crippen molar-refractivity contribution in [1.29, 1.82) is 0 Å². The average Bonchev–Trinajstić information content (AvgIpc) is 2.46. The van der Waals surface area contributed by atoms with Gasteiger partial charge in [0, 0.05) is 31.4 Å². The lowest BCUT2D eigenvalue weighted by Crippen LogP contribution is -2.39. The van der Waals surface area contributed by atoms with Gasteiger partial charge < -0.3 is 15.5 Å². The van der Waals surface area contributed by atoms with Crippen molar-refractivity contribution in [2.45, 2.75) is 32.2 Å². The van der Waals surface area contributed by atoms with E-state index in [2.05, 4.69) is 36.4 Å². The van der Waals surface area contributed by atoms with E-state index in [9.17, 15) is 4.79 Å². The Morgan fingerprint density at radius 2 is 2.20 bits per heavy atom. The maximum absolute atomic E-state index is 12.4. The average molecular weight is 275 g/mol. The lowest BCUT2D eigenvalue weighted by molar-refractivity contribution is -0.122. The quantitative estimate of drug-likeness (QED) is 0.864. The molecule has 0 bridgehead atoms. The molecule has 4 nitrogen and oxygen atoms in total. The van der Waals surface area contributed by atoms with Gasteiger partial charge in [-0.05, 0) is 38.9 Å². The highest BCUT2D eigenvalue weighted by molar-refractivity contribution is 5.86. The number of carbonyl (C=O) groups is 1. The highest BCUT2D eigenvalue weighted by atomic mass is 16.1.